The molecular formula is C62H105O11P. The van der Waals surface area contributed by atoms with Crippen molar-refractivity contribution in [3.63, 3.8) is 0 Å². The highest BCUT2D eigenvalue weighted by molar-refractivity contribution is 7.47. The number of rotatable bonds is 53. The van der Waals surface area contributed by atoms with Crippen LogP contribution in [-0.4, -0.2) is 66.5 Å². The lowest BCUT2D eigenvalue weighted by Crippen LogP contribution is -2.30. The molecule has 0 aromatic rings. The number of carbonyl (C=O) groups is 3. The Labute approximate surface area is 451 Å². The second kappa shape index (κ2) is 55.6. The van der Waals surface area contributed by atoms with Crippen molar-refractivity contribution in [1.82, 2.24) is 0 Å². The van der Waals surface area contributed by atoms with Crippen molar-refractivity contribution in [3.8, 4) is 0 Å². The van der Waals surface area contributed by atoms with Crippen LogP contribution in [0.25, 0.3) is 0 Å². The normalized spacial score (nSPS) is 14.1. The van der Waals surface area contributed by atoms with Crippen LogP contribution in [0.15, 0.2) is 97.2 Å². The Morgan fingerprint density at radius 3 is 1.20 bits per heavy atom. The molecule has 0 rings (SSSR count). The molecule has 424 valence electrons. The molecule has 0 bridgehead atoms. The molecule has 0 heterocycles. The Bertz CT molecular complexity index is 1610. The van der Waals surface area contributed by atoms with Crippen molar-refractivity contribution >= 4 is 25.7 Å². The second-order valence-electron chi connectivity index (χ2n) is 19.1. The van der Waals surface area contributed by atoms with Crippen molar-refractivity contribution in [2.45, 2.75) is 251 Å². The molecule has 11 nitrogen and oxygen atoms in total. The van der Waals surface area contributed by atoms with E-state index < -0.39 is 57.8 Å². The molecule has 3 atom stereocenters. The first-order valence-corrected chi connectivity index (χ1v) is 30.6. The number of allylic oxidation sites excluding steroid dienone is 16. The molecule has 74 heavy (non-hydrogen) atoms. The molecular weight excluding hydrogens is 952 g/mol. The van der Waals surface area contributed by atoms with Crippen LogP contribution >= 0.6 is 7.82 Å². The van der Waals surface area contributed by atoms with E-state index in [4.69, 9.17) is 23.3 Å². The van der Waals surface area contributed by atoms with Gasteiger partial charge in [-0.05, 0) is 103 Å². The van der Waals surface area contributed by atoms with E-state index in [2.05, 4.69) is 106 Å². The fourth-order valence-electron chi connectivity index (χ4n) is 7.53. The predicted molar refractivity (Wildman–Crippen MR) is 307 cm³/mol. The van der Waals surface area contributed by atoms with E-state index in [-0.39, 0.29) is 25.9 Å². The summed E-state index contributed by atoms with van der Waals surface area (Å²) in [7, 11) is -4.77. The van der Waals surface area contributed by atoms with Crippen LogP contribution in [0.2, 0.25) is 0 Å². The van der Waals surface area contributed by atoms with Crippen molar-refractivity contribution in [2.75, 3.05) is 26.4 Å². The molecule has 0 aliphatic heterocycles. The van der Waals surface area contributed by atoms with Crippen LogP contribution in [0.4, 0.5) is 0 Å². The van der Waals surface area contributed by atoms with Crippen molar-refractivity contribution in [1.29, 1.82) is 0 Å². The molecule has 0 aliphatic rings. The van der Waals surface area contributed by atoms with Gasteiger partial charge < -0.3 is 24.2 Å². The first kappa shape index (κ1) is 70.4. The van der Waals surface area contributed by atoms with Gasteiger partial charge in [0.2, 0.25) is 0 Å². The van der Waals surface area contributed by atoms with Gasteiger partial charge in [-0.2, -0.15) is 0 Å². The summed E-state index contributed by atoms with van der Waals surface area (Å²) in [5.74, 6) is -1.59. The number of unbranched alkanes of at least 4 members (excludes halogenated alkanes) is 20. The third-order valence-corrected chi connectivity index (χ3v) is 12.9. The molecule has 2 N–H and O–H groups in total. The SMILES string of the molecule is CC/C=C\C/C=C\C/C=C\C/C=C\C/C=C\C/C=C\CCC(=O)OC(COC(=O)CCCCCCC/C=C\CCCC)COP(=O)(O)OCC(CO)OC(=O)CCCCCCCCC/C=C\CCCCCCCC. The van der Waals surface area contributed by atoms with E-state index in [1.807, 2.05) is 12.2 Å². The molecule has 0 amide bonds. The maximum atomic E-state index is 12.9. The van der Waals surface area contributed by atoms with Gasteiger partial charge in [-0.1, -0.05) is 214 Å². The molecule has 0 saturated carbocycles. The molecule has 0 fully saturated rings. The fraction of sp³-hybridized carbons (Fsp3) is 0.694. The van der Waals surface area contributed by atoms with Gasteiger partial charge in [0.05, 0.1) is 19.8 Å². The zero-order valence-corrected chi connectivity index (χ0v) is 47.7. The average Bonchev–Trinajstić information content (AvgIpc) is 3.39. The van der Waals surface area contributed by atoms with E-state index in [0.29, 0.717) is 25.7 Å². The van der Waals surface area contributed by atoms with Crippen LogP contribution in [-0.2, 0) is 42.2 Å². The number of carbonyl (C=O) groups excluding carboxylic acids is 3. The Kier molecular flexibility index (Phi) is 52.9. The number of hydrogen-bond acceptors (Lipinski definition) is 10. The molecule has 0 aromatic heterocycles. The van der Waals surface area contributed by atoms with Crippen LogP contribution in [0.1, 0.15) is 239 Å². The third kappa shape index (κ3) is 53.2. The van der Waals surface area contributed by atoms with Crippen LogP contribution in [0.3, 0.4) is 0 Å². The number of aliphatic hydroxyl groups is 1. The first-order chi connectivity index (χ1) is 36.2. The van der Waals surface area contributed by atoms with Crippen LogP contribution < -0.4 is 0 Å². The van der Waals surface area contributed by atoms with E-state index in [9.17, 15) is 28.9 Å². The van der Waals surface area contributed by atoms with Gasteiger partial charge in [0.25, 0.3) is 0 Å². The fourth-order valence-corrected chi connectivity index (χ4v) is 8.32. The zero-order valence-electron chi connectivity index (χ0n) is 46.8. The zero-order chi connectivity index (χ0) is 54.1. The van der Waals surface area contributed by atoms with Gasteiger partial charge in [0, 0.05) is 19.3 Å². The molecule has 0 aliphatic carbocycles. The standard InChI is InChI=1S/C62H105O11P/c1-4-7-10-13-16-19-22-24-26-28-29-31-33-35-38-41-44-47-50-53-62(66)73-59(55-69-60(64)51-48-45-42-39-36-21-18-15-12-9-6-3)57-71-74(67,68)70-56-58(54-63)72-61(65)52-49-46-43-40-37-34-32-30-27-25-23-20-17-14-11-8-5-2/h7,10,15-16,18-19,24-27,29,31,35,38,44,47,58-59,63H,4-6,8-9,11-14,17,20-23,28,30,32-34,36-37,39-43,45-46,48-57H2,1-3H3,(H,67,68)/b10-7-,18-15-,19-16-,26-24-,27-25-,31-29-,38-35-,47-44-. The molecule has 0 radical (unpaired) electrons. The quantitative estimate of drug-likeness (QED) is 0.0197. The minimum Gasteiger partial charge on any atom is -0.462 e. The van der Waals surface area contributed by atoms with Gasteiger partial charge in [0.1, 0.15) is 12.7 Å². The van der Waals surface area contributed by atoms with Crippen molar-refractivity contribution < 1.29 is 52.2 Å². The van der Waals surface area contributed by atoms with Crippen LogP contribution in [0, 0.1) is 0 Å². The molecule has 0 saturated heterocycles. The first-order valence-electron chi connectivity index (χ1n) is 29.1. The van der Waals surface area contributed by atoms with Gasteiger partial charge in [-0.25, -0.2) is 4.57 Å². The Morgan fingerprint density at radius 1 is 0.392 bits per heavy atom. The van der Waals surface area contributed by atoms with Gasteiger partial charge in [0.15, 0.2) is 6.10 Å². The lowest BCUT2D eigenvalue weighted by molar-refractivity contribution is -0.161. The topological polar surface area (TPSA) is 155 Å². The van der Waals surface area contributed by atoms with Gasteiger partial charge in [-0.15, -0.1) is 0 Å². The van der Waals surface area contributed by atoms with Gasteiger partial charge >= 0.3 is 25.7 Å². The maximum absolute atomic E-state index is 12.9. The Balaban J connectivity index is 4.78. The monoisotopic (exact) mass is 1060 g/mol. The van der Waals surface area contributed by atoms with E-state index >= 15 is 0 Å². The van der Waals surface area contributed by atoms with E-state index in [1.165, 1.54) is 77.0 Å². The van der Waals surface area contributed by atoms with Crippen molar-refractivity contribution in [2.24, 2.45) is 0 Å². The van der Waals surface area contributed by atoms with Gasteiger partial charge in [-0.3, -0.25) is 23.4 Å². The lowest BCUT2D eigenvalue weighted by atomic mass is 10.1. The summed E-state index contributed by atoms with van der Waals surface area (Å²) in [4.78, 5) is 48.5. The van der Waals surface area contributed by atoms with E-state index in [1.54, 1.807) is 0 Å². The highest BCUT2D eigenvalue weighted by Gasteiger charge is 2.28. The minimum atomic E-state index is -4.77. The number of phosphoric ester groups is 1. The maximum Gasteiger partial charge on any atom is 0.472 e. The Hall–Kier alpha value is -3.60. The average molecular weight is 1060 g/mol. The van der Waals surface area contributed by atoms with Crippen LogP contribution in [0.5, 0.6) is 0 Å². The summed E-state index contributed by atoms with van der Waals surface area (Å²) < 4.78 is 39.4. The number of hydrogen-bond donors (Lipinski definition) is 2. The largest absolute Gasteiger partial charge is 0.472 e. The molecule has 0 aromatic carbocycles. The summed E-state index contributed by atoms with van der Waals surface area (Å²) in [5, 5.41) is 9.82. The highest BCUT2D eigenvalue weighted by Crippen LogP contribution is 2.43. The second-order valence-corrected chi connectivity index (χ2v) is 20.5. The molecule has 0 spiro atoms. The summed E-state index contributed by atoms with van der Waals surface area (Å²) >= 11 is 0. The number of aliphatic hydroxyl groups excluding tert-OH is 1. The Morgan fingerprint density at radius 2 is 0.743 bits per heavy atom. The summed E-state index contributed by atoms with van der Waals surface area (Å²) in [6, 6.07) is 0. The minimum absolute atomic E-state index is 0.0372. The number of ether oxygens (including phenoxy) is 3. The smallest absolute Gasteiger partial charge is 0.462 e. The number of phosphoric acid groups is 1. The third-order valence-electron chi connectivity index (χ3n) is 12.0. The summed E-state index contributed by atoms with van der Waals surface area (Å²) in [6.07, 6.45) is 65.3. The molecule has 3 unspecified atom stereocenters. The van der Waals surface area contributed by atoms with Crippen molar-refractivity contribution in [3.05, 3.63) is 97.2 Å². The summed E-state index contributed by atoms with van der Waals surface area (Å²) in [6.45, 7) is 4.39. The predicted octanol–water partition coefficient (Wildman–Crippen LogP) is 17.3. The lowest BCUT2D eigenvalue weighted by Gasteiger charge is -2.21. The number of esters is 3. The summed E-state index contributed by atoms with van der Waals surface area (Å²) in [5.41, 5.74) is 0. The molecule has 12 heteroatoms. The highest BCUT2D eigenvalue weighted by atomic mass is 31.2. The van der Waals surface area contributed by atoms with E-state index in [0.717, 1.165) is 96.3 Å².